The molecule has 0 saturated heterocycles. The first-order valence-corrected chi connectivity index (χ1v) is 6.16. The molecule has 5 nitrogen and oxygen atoms in total. The first-order valence-electron chi connectivity index (χ1n) is 6.16. The number of nitrogens with one attached hydrogen (secondary N) is 1. The highest BCUT2D eigenvalue weighted by molar-refractivity contribution is 5.81. The summed E-state index contributed by atoms with van der Waals surface area (Å²) in [5.41, 5.74) is 0. The van der Waals surface area contributed by atoms with E-state index in [0.717, 1.165) is 12.8 Å². The number of carboxylic acids is 1. The van der Waals surface area contributed by atoms with Crippen LogP contribution in [0.2, 0.25) is 0 Å². The third kappa shape index (κ3) is 2.77. The van der Waals surface area contributed by atoms with Crippen LogP contribution in [0, 0.1) is 11.8 Å². The molecule has 2 fully saturated rings. The topological polar surface area (TPSA) is 75.6 Å². The number of carboxylic acid groups (broad SMARTS) is 1. The Balaban J connectivity index is 1.73. The van der Waals surface area contributed by atoms with Crippen LogP contribution < -0.4 is 5.32 Å². The zero-order valence-corrected chi connectivity index (χ0v) is 10.0. The van der Waals surface area contributed by atoms with Gasteiger partial charge in [0.15, 0.2) is 0 Å². The molecule has 0 spiro atoms. The first kappa shape index (κ1) is 12.4. The molecule has 0 bridgehead atoms. The fourth-order valence-corrected chi connectivity index (χ4v) is 2.64. The Morgan fingerprint density at radius 2 is 1.82 bits per heavy atom. The van der Waals surface area contributed by atoms with Crippen molar-refractivity contribution in [2.45, 2.75) is 44.2 Å². The number of aliphatic carboxylic acids is 1. The van der Waals surface area contributed by atoms with Gasteiger partial charge in [0, 0.05) is 19.1 Å². The zero-order chi connectivity index (χ0) is 12.4. The number of methoxy groups -OCH3 is 1. The van der Waals surface area contributed by atoms with E-state index in [0.29, 0.717) is 19.3 Å². The van der Waals surface area contributed by atoms with Crippen molar-refractivity contribution in [2.24, 2.45) is 11.8 Å². The molecule has 0 aliphatic heterocycles. The number of hydrogen-bond acceptors (Lipinski definition) is 3. The van der Waals surface area contributed by atoms with Gasteiger partial charge in [0.1, 0.15) is 0 Å². The smallest absolute Gasteiger partial charge is 0.306 e. The Bertz CT molecular complexity index is 312. The predicted molar refractivity (Wildman–Crippen MR) is 60.4 cm³/mol. The molecule has 2 saturated carbocycles. The second-order valence-corrected chi connectivity index (χ2v) is 5.08. The molecule has 0 aromatic heterocycles. The summed E-state index contributed by atoms with van der Waals surface area (Å²) in [5.74, 6) is -1.20. The van der Waals surface area contributed by atoms with E-state index >= 15 is 0 Å². The van der Waals surface area contributed by atoms with Crippen LogP contribution in [0.1, 0.15) is 32.1 Å². The summed E-state index contributed by atoms with van der Waals surface area (Å²) >= 11 is 0. The summed E-state index contributed by atoms with van der Waals surface area (Å²) in [5, 5.41) is 11.8. The van der Waals surface area contributed by atoms with Crippen LogP contribution >= 0.6 is 0 Å². The Hall–Kier alpha value is -1.10. The van der Waals surface area contributed by atoms with Crippen molar-refractivity contribution >= 4 is 11.9 Å². The number of hydrogen-bond donors (Lipinski definition) is 2. The molecule has 96 valence electrons. The van der Waals surface area contributed by atoms with Crippen LogP contribution in [-0.4, -0.2) is 36.2 Å². The van der Waals surface area contributed by atoms with E-state index in [9.17, 15) is 9.59 Å². The van der Waals surface area contributed by atoms with E-state index in [2.05, 4.69) is 5.32 Å². The Morgan fingerprint density at radius 1 is 1.18 bits per heavy atom. The number of carbonyl (C=O) groups excluding carboxylic acids is 1. The Kier molecular flexibility index (Phi) is 3.66. The summed E-state index contributed by atoms with van der Waals surface area (Å²) in [6.07, 6.45) is 3.83. The second-order valence-electron chi connectivity index (χ2n) is 5.08. The first-order chi connectivity index (χ1) is 8.10. The Morgan fingerprint density at radius 3 is 2.35 bits per heavy atom. The van der Waals surface area contributed by atoms with Gasteiger partial charge in [0.2, 0.25) is 5.91 Å². The maximum atomic E-state index is 11.9. The van der Waals surface area contributed by atoms with E-state index < -0.39 is 5.97 Å². The van der Waals surface area contributed by atoms with Crippen molar-refractivity contribution in [1.29, 1.82) is 0 Å². The molecule has 17 heavy (non-hydrogen) atoms. The van der Waals surface area contributed by atoms with Crippen LogP contribution in [0.25, 0.3) is 0 Å². The molecule has 0 aromatic rings. The molecule has 5 heteroatoms. The van der Waals surface area contributed by atoms with Gasteiger partial charge in [-0.05, 0) is 32.1 Å². The molecular formula is C12H19NO4. The van der Waals surface area contributed by atoms with Crippen LogP contribution in [0.5, 0.6) is 0 Å². The third-order valence-electron chi connectivity index (χ3n) is 3.93. The highest BCUT2D eigenvalue weighted by Gasteiger charge is 2.36. The van der Waals surface area contributed by atoms with Crippen molar-refractivity contribution in [3.63, 3.8) is 0 Å². The van der Waals surface area contributed by atoms with Crippen LogP contribution in [-0.2, 0) is 14.3 Å². The fourth-order valence-electron chi connectivity index (χ4n) is 2.64. The van der Waals surface area contributed by atoms with Gasteiger partial charge in [-0.3, -0.25) is 9.59 Å². The summed E-state index contributed by atoms with van der Waals surface area (Å²) in [4.78, 5) is 22.7. The number of carbonyl (C=O) groups is 2. The van der Waals surface area contributed by atoms with Gasteiger partial charge in [-0.2, -0.15) is 0 Å². The van der Waals surface area contributed by atoms with Crippen LogP contribution in [0.4, 0.5) is 0 Å². The minimum Gasteiger partial charge on any atom is -0.481 e. The minimum absolute atomic E-state index is 0.0216. The molecule has 2 aliphatic rings. The van der Waals surface area contributed by atoms with Crippen molar-refractivity contribution in [3.8, 4) is 0 Å². The monoisotopic (exact) mass is 241 g/mol. The SMILES string of the molecule is COC1CC(NC(=O)[C@@H]2CC[C@H](C(=O)O)C2)C1. The lowest BCUT2D eigenvalue weighted by molar-refractivity contribution is -0.141. The van der Waals surface area contributed by atoms with Crippen molar-refractivity contribution in [2.75, 3.05) is 7.11 Å². The molecule has 0 aromatic carbocycles. The highest BCUT2D eigenvalue weighted by Crippen LogP contribution is 2.32. The molecule has 2 aliphatic carbocycles. The van der Waals surface area contributed by atoms with E-state index in [1.165, 1.54) is 0 Å². The van der Waals surface area contributed by atoms with Crippen molar-refractivity contribution in [1.82, 2.24) is 5.32 Å². The largest absolute Gasteiger partial charge is 0.481 e. The lowest BCUT2D eigenvalue weighted by Crippen LogP contribution is -2.49. The molecule has 2 atom stereocenters. The third-order valence-corrected chi connectivity index (χ3v) is 3.93. The molecule has 0 unspecified atom stereocenters. The lowest BCUT2D eigenvalue weighted by atomic mass is 9.88. The number of ether oxygens (including phenoxy) is 1. The van der Waals surface area contributed by atoms with E-state index in [-0.39, 0.29) is 29.9 Å². The fraction of sp³-hybridized carbons (Fsp3) is 0.833. The molecule has 0 radical (unpaired) electrons. The minimum atomic E-state index is -0.775. The quantitative estimate of drug-likeness (QED) is 0.762. The standard InChI is InChI=1S/C12H19NO4/c1-17-10-5-9(6-10)13-11(14)7-2-3-8(4-7)12(15)16/h7-10H,2-6H2,1H3,(H,13,14)(H,15,16)/t7-,8+,9?,10?/m1/s1. The van der Waals surface area contributed by atoms with E-state index in [4.69, 9.17) is 9.84 Å². The van der Waals surface area contributed by atoms with Crippen LogP contribution in [0.3, 0.4) is 0 Å². The van der Waals surface area contributed by atoms with Crippen molar-refractivity contribution in [3.05, 3.63) is 0 Å². The van der Waals surface area contributed by atoms with Gasteiger partial charge >= 0.3 is 5.97 Å². The Labute approximate surface area is 101 Å². The second kappa shape index (κ2) is 5.04. The normalized spacial score (nSPS) is 36.3. The van der Waals surface area contributed by atoms with Gasteiger partial charge in [0.05, 0.1) is 12.0 Å². The highest BCUT2D eigenvalue weighted by atomic mass is 16.5. The predicted octanol–water partition coefficient (Wildman–Crippen LogP) is 0.781. The average Bonchev–Trinajstić information content (AvgIpc) is 2.71. The van der Waals surface area contributed by atoms with Gasteiger partial charge < -0.3 is 15.2 Å². The van der Waals surface area contributed by atoms with Crippen LogP contribution in [0.15, 0.2) is 0 Å². The van der Waals surface area contributed by atoms with Gasteiger partial charge in [0.25, 0.3) is 0 Å². The summed E-state index contributed by atoms with van der Waals surface area (Å²) < 4.78 is 5.14. The van der Waals surface area contributed by atoms with Gasteiger partial charge in [-0.15, -0.1) is 0 Å². The summed E-state index contributed by atoms with van der Waals surface area (Å²) in [6, 6.07) is 0.219. The maximum Gasteiger partial charge on any atom is 0.306 e. The number of amides is 1. The molecule has 2 N–H and O–H groups in total. The summed E-state index contributed by atoms with van der Waals surface area (Å²) in [6.45, 7) is 0. The molecular weight excluding hydrogens is 222 g/mol. The zero-order valence-electron chi connectivity index (χ0n) is 10.0. The summed E-state index contributed by atoms with van der Waals surface area (Å²) in [7, 11) is 1.68. The molecule has 1 amide bonds. The number of rotatable bonds is 4. The van der Waals surface area contributed by atoms with Crippen molar-refractivity contribution < 1.29 is 19.4 Å². The molecule has 2 rings (SSSR count). The maximum absolute atomic E-state index is 11.9. The lowest BCUT2D eigenvalue weighted by Gasteiger charge is -2.35. The van der Waals surface area contributed by atoms with E-state index in [1.54, 1.807) is 7.11 Å². The van der Waals surface area contributed by atoms with Gasteiger partial charge in [-0.1, -0.05) is 0 Å². The van der Waals surface area contributed by atoms with Gasteiger partial charge in [-0.25, -0.2) is 0 Å². The van der Waals surface area contributed by atoms with E-state index in [1.807, 2.05) is 0 Å². The average molecular weight is 241 g/mol. The molecule has 0 heterocycles.